The number of hydrogen-bond acceptors (Lipinski definition) is 3. The average molecular weight is 517 g/mol. The molecule has 2 heterocycles. The fourth-order valence-electron chi connectivity index (χ4n) is 5.74. The highest BCUT2D eigenvalue weighted by Crippen LogP contribution is 2.34. The summed E-state index contributed by atoms with van der Waals surface area (Å²) < 4.78 is 0. The van der Waals surface area contributed by atoms with E-state index >= 15 is 0 Å². The van der Waals surface area contributed by atoms with Gasteiger partial charge in [-0.05, 0) is 104 Å². The SMILES string of the molecule is CCC(Cc1cc(Cl)ccc1C1CCN(C(=O)[C@H](N)Cc2ccc(Cl)cc2)CC1)CN1CCCC1. The lowest BCUT2D eigenvalue weighted by molar-refractivity contribution is -0.133. The van der Waals surface area contributed by atoms with Gasteiger partial charge < -0.3 is 15.5 Å². The smallest absolute Gasteiger partial charge is 0.239 e. The first-order valence-corrected chi connectivity index (χ1v) is 14.0. The lowest BCUT2D eigenvalue weighted by Gasteiger charge is -2.35. The third-order valence-electron chi connectivity index (χ3n) is 7.84. The Morgan fingerprint density at radius 1 is 0.971 bits per heavy atom. The van der Waals surface area contributed by atoms with E-state index in [1.54, 1.807) is 0 Å². The summed E-state index contributed by atoms with van der Waals surface area (Å²) in [6, 6.07) is 13.5. The fourth-order valence-corrected chi connectivity index (χ4v) is 6.06. The lowest BCUT2D eigenvalue weighted by atomic mass is 9.83. The summed E-state index contributed by atoms with van der Waals surface area (Å²) in [5, 5.41) is 1.51. The van der Waals surface area contributed by atoms with Gasteiger partial charge in [0, 0.05) is 29.7 Å². The van der Waals surface area contributed by atoms with Crippen LogP contribution in [0.4, 0.5) is 0 Å². The molecule has 0 aliphatic carbocycles. The fraction of sp³-hybridized carbons (Fsp3) is 0.552. The van der Waals surface area contributed by atoms with Crippen molar-refractivity contribution in [2.45, 2.75) is 63.8 Å². The molecule has 35 heavy (non-hydrogen) atoms. The molecule has 0 spiro atoms. The minimum atomic E-state index is -0.519. The highest BCUT2D eigenvalue weighted by atomic mass is 35.5. The minimum absolute atomic E-state index is 0.0476. The second-order valence-corrected chi connectivity index (χ2v) is 11.2. The summed E-state index contributed by atoms with van der Waals surface area (Å²) in [5.41, 5.74) is 10.2. The number of amides is 1. The van der Waals surface area contributed by atoms with Gasteiger partial charge in [0.15, 0.2) is 0 Å². The van der Waals surface area contributed by atoms with Crippen LogP contribution in [0.5, 0.6) is 0 Å². The Kier molecular flexibility index (Phi) is 9.52. The molecular weight excluding hydrogens is 477 g/mol. The number of nitrogens with two attached hydrogens (primary N) is 1. The Balaban J connectivity index is 1.36. The molecule has 1 unspecified atom stereocenters. The summed E-state index contributed by atoms with van der Waals surface area (Å²) in [6.07, 6.45) is 7.40. The van der Waals surface area contributed by atoms with Crippen LogP contribution >= 0.6 is 23.2 Å². The Labute approximate surface area is 220 Å². The first-order chi connectivity index (χ1) is 16.9. The van der Waals surface area contributed by atoms with Crippen LogP contribution in [-0.2, 0) is 17.6 Å². The van der Waals surface area contributed by atoms with E-state index in [1.165, 1.54) is 50.0 Å². The van der Waals surface area contributed by atoms with E-state index in [0.29, 0.717) is 23.3 Å². The molecule has 0 radical (unpaired) electrons. The molecule has 2 aromatic rings. The molecule has 2 aliphatic rings. The zero-order valence-electron chi connectivity index (χ0n) is 20.9. The van der Waals surface area contributed by atoms with Gasteiger partial charge in [-0.3, -0.25) is 4.79 Å². The van der Waals surface area contributed by atoms with Crippen molar-refractivity contribution in [2.24, 2.45) is 11.7 Å². The van der Waals surface area contributed by atoms with Gasteiger partial charge in [0.2, 0.25) is 5.91 Å². The zero-order chi connectivity index (χ0) is 24.8. The van der Waals surface area contributed by atoms with E-state index in [9.17, 15) is 4.79 Å². The molecule has 2 aliphatic heterocycles. The molecule has 0 aromatic heterocycles. The molecule has 190 valence electrons. The van der Waals surface area contributed by atoms with E-state index in [0.717, 1.165) is 42.9 Å². The number of halogens is 2. The Bertz CT molecular complexity index is 966. The molecule has 0 bridgehead atoms. The zero-order valence-corrected chi connectivity index (χ0v) is 22.4. The molecule has 2 atom stereocenters. The average Bonchev–Trinajstić information content (AvgIpc) is 3.38. The molecule has 2 N–H and O–H groups in total. The third-order valence-corrected chi connectivity index (χ3v) is 8.33. The molecule has 0 saturated carbocycles. The standard InChI is InChI=1S/C29H39Cl2N3O/c1-2-21(20-33-13-3-4-14-33)17-24-19-26(31)9-10-27(24)23-11-15-34(16-12-23)29(35)28(32)18-22-5-7-25(30)8-6-22/h5-10,19,21,23,28H,2-4,11-18,20,32H2,1H3/t21?,28-/m1/s1. The number of benzene rings is 2. The van der Waals surface area contributed by atoms with Crippen molar-refractivity contribution in [1.82, 2.24) is 9.80 Å². The summed E-state index contributed by atoms with van der Waals surface area (Å²) in [6.45, 7) is 7.48. The molecule has 4 nitrogen and oxygen atoms in total. The van der Waals surface area contributed by atoms with Gasteiger partial charge >= 0.3 is 0 Å². The number of rotatable bonds is 9. The van der Waals surface area contributed by atoms with Gasteiger partial charge in [0.05, 0.1) is 6.04 Å². The summed E-state index contributed by atoms with van der Waals surface area (Å²) in [5.74, 6) is 1.16. The second kappa shape index (κ2) is 12.6. The summed E-state index contributed by atoms with van der Waals surface area (Å²) in [7, 11) is 0. The van der Waals surface area contributed by atoms with Crippen LogP contribution in [0.15, 0.2) is 42.5 Å². The number of carbonyl (C=O) groups is 1. The topological polar surface area (TPSA) is 49.6 Å². The van der Waals surface area contributed by atoms with Crippen LogP contribution in [0, 0.1) is 5.92 Å². The van der Waals surface area contributed by atoms with Crippen molar-refractivity contribution in [2.75, 3.05) is 32.7 Å². The normalized spacial score (nSPS) is 19.1. The Morgan fingerprint density at radius 3 is 2.29 bits per heavy atom. The number of nitrogens with zero attached hydrogens (tertiary/aromatic N) is 2. The quantitative estimate of drug-likeness (QED) is 0.449. The van der Waals surface area contributed by atoms with Crippen molar-refractivity contribution in [3.05, 3.63) is 69.2 Å². The number of carbonyl (C=O) groups excluding carboxylic acids is 1. The van der Waals surface area contributed by atoms with Gasteiger partial charge in [0.1, 0.15) is 0 Å². The van der Waals surface area contributed by atoms with Gasteiger partial charge in [-0.2, -0.15) is 0 Å². The summed E-state index contributed by atoms with van der Waals surface area (Å²) in [4.78, 5) is 17.6. The van der Waals surface area contributed by atoms with Gasteiger partial charge in [-0.25, -0.2) is 0 Å². The van der Waals surface area contributed by atoms with E-state index in [1.807, 2.05) is 35.2 Å². The Morgan fingerprint density at radius 2 is 1.63 bits per heavy atom. The predicted molar refractivity (Wildman–Crippen MR) is 146 cm³/mol. The monoisotopic (exact) mass is 515 g/mol. The first kappa shape index (κ1) is 26.5. The highest BCUT2D eigenvalue weighted by Gasteiger charge is 2.28. The molecule has 1 amide bonds. The molecule has 2 aromatic carbocycles. The van der Waals surface area contributed by atoms with Crippen LogP contribution in [0.2, 0.25) is 10.0 Å². The van der Waals surface area contributed by atoms with E-state index < -0.39 is 6.04 Å². The number of likely N-dealkylation sites (tertiary alicyclic amines) is 2. The molecular formula is C29H39Cl2N3O. The highest BCUT2D eigenvalue weighted by molar-refractivity contribution is 6.30. The van der Waals surface area contributed by atoms with Crippen LogP contribution in [0.3, 0.4) is 0 Å². The first-order valence-electron chi connectivity index (χ1n) is 13.2. The van der Waals surface area contributed by atoms with Crippen LogP contribution < -0.4 is 5.73 Å². The van der Waals surface area contributed by atoms with Gasteiger partial charge in [-0.1, -0.05) is 54.7 Å². The summed E-state index contributed by atoms with van der Waals surface area (Å²) >= 11 is 12.4. The van der Waals surface area contributed by atoms with Crippen molar-refractivity contribution < 1.29 is 4.79 Å². The maximum atomic E-state index is 13.0. The third kappa shape index (κ3) is 7.22. The molecule has 4 rings (SSSR count). The maximum Gasteiger partial charge on any atom is 0.239 e. The van der Waals surface area contributed by atoms with Crippen molar-refractivity contribution in [3.8, 4) is 0 Å². The largest absolute Gasteiger partial charge is 0.341 e. The maximum absolute atomic E-state index is 13.0. The van der Waals surface area contributed by atoms with Crippen LogP contribution in [-0.4, -0.2) is 54.5 Å². The lowest BCUT2D eigenvalue weighted by Crippen LogP contribution is -2.47. The number of piperidine rings is 1. The molecule has 2 fully saturated rings. The van der Waals surface area contributed by atoms with Gasteiger partial charge in [-0.15, -0.1) is 0 Å². The molecule has 6 heteroatoms. The van der Waals surface area contributed by atoms with Crippen molar-refractivity contribution in [3.63, 3.8) is 0 Å². The van der Waals surface area contributed by atoms with Crippen molar-refractivity contribution >= 4 is 29.1 Å². The van der Waals surface area contributed by atoms with E-state index in [4.69, 9.17) is 28.9 Å². The van der Waals surface area contributed by atoms with Crippen LogP contribution in [0.25, 0.3) is 0 Å². The second-order valence-electron chi connectivity index (χ2n) is 10.4. The predicted octanol–water partition coefficient (Wildman–Crippen LogP) is 5.93. The number of hydrogen-bond donors (Lipinski definition) is 1. The minimum Gasteiger partial charge on any atom is -0.341 e. The van der Waals surface area contributed by atoms with E-state index in [2.05, 4.69) is 24.0 Å². The molecule has 2 saturated heterocycles. The Hall–Kier alpha value is -1.59. The van der Waals surface area contributed by atoms with E-state index in [-0.39, 0.29) is 5.91 Å². The van der Waals surface area contributed by atoms with Gasteiger partial charge in [0.25, 0.3) is 0 Å². The van der Waals surface area contributed by atoms with Crippen molar-refractivity contribution in [1.29, 1.82) is 0 Å². The van der Waals surface area contributed by atoms with Crippen LogP contribution in [0.1, 0.15) is 61.6 Å².